The first-order valence-corrected chi connectivity index (χ1v) is 5.27. The molecular formula is C11H16N2O. The largest absolute Gasteiger partial charge is 0.296 e. The maximum Gasteiger partial charge on any atom is 0.170 e. The fourth-order valence-electron chi connectivity index (χ4n) is 1.84. The van der Waals surface area contributed by atoms with Crippen molar-refractivity contribution in [3.8, 4) is 0 Å². The second-order valence-electron chi connectivity index (χ2n) is 4.30. The summed E-state index contributed by atoms with van der Waals surface area (Å²) in [6.07, 6.45) is 4.54. The van der Waals surface area contributed by atoms with Crippen molar-refractivity contribution >= 4 is 6.29 Å². The van der Waals surface area contributed by atoms with Crippen LogP contribution in [0.3, 0.4) is 0 Å². The third-order valence-electron chi connectivity index (χ3n) is 2.92. The van der Waals surface area contributed by atoms with E-state index in [1.54, 1.807) is 0 Å². The number of hydrogen-bond acceptors (Lipinski definition) is 2. The van der Waals surface area contributed by atoms with Crippen molar-refractivity contribution in [3.63, 3.8) is 0 Å². The SMILES string of the molecule is CC(C)c1cc(C=O)nn1C1CCC1. The molecule has 0 aromatic carbocycles. The molecule has 76 valence electrons. The van der Waals surface area contributed by atoms with Crippen molar-refractivity contribution in [2.24, 2.45) is 0 Å². The van der Waals surface area contributed by atoms with Crippen molar-refractivity contribution in [3.05, 3.63) is 17.5 Å². The summed E-state index contributed by atoms with van der Waals surface area (Å²) in [5, 5.41) is 4.32. The molecule has 0 saturated heterocycles. The van der Waals surface area contributed by atoms with Gasteiger partial charge in [-0.1, -0.05) is 13.8 Å². The Morgan fingerprint density at radius 2 is 2.29 bits per heavy atom. The highest BCUT2D eigenvalue weighted by molar-refractivity contribution is 5.71. The summed E-state index contributed by atoms with van der Waals surface area (Å²) in [6.45, 7) is 4.28. The van der Waals surface area contributed by atoms with Gasteiger partial charge in [0.2, 0.25) is 0 Å². The summed E-state index contributed by atoms with van der Waals surface area (Å²) in [4.78, 5) is 10.6. The van der Waals surface area contributed by atoms with Gasteiger partial charge in [-0.25, -0.2) is 0 Å². The van der Waals surface area contributed by atoms with Crippen molar-refractivity contribution in [2.75, 3.05) is 0 Å². The smallest absolute Gasteiger partial charge is 0.170 e. The third kappa shape index (κ3) is 1.47. The number of carbonyl (C=O) groups excluding carboxylic acids is 1. The number of carbonyl (C=O) groups is 1. The van der Waals surface area contributed by atoms with E-state index in [2.05, 4.69) is 23.6 Å². The van der Waals surface area contributed by atoms with Crippen LogP contribution >= 0.6 is 0 Å². The molecule has 1 fully saturated rings. The lowest BCUT2D eigenvalue weighted by atomic mass is 9.92. The summed E-state index contributed by atoms with van der Waals surface area (Å²) >= 11 is 0. The van der Waals surface area contributed by atoms with E-state index in [0.717, 1.165) is 6.29 Å². The van der Waals surface area contributed by atoms with Crippen LogP contribution in [-0.4, -0.2) is 16.1 Å². The van der Waals surface area contributed by atoms with Gasteiger partial charge in [-0.05, 0) is 31.2 Å². The van der Waals surface area contributed by atoms with Gasteiger partial charge in [0.25, 0.3) is 0 Å². The molecule has 0 amide bonds. The van der Waals surface area contributed by atoms with Crippen LogP contribution in [-0.2, 0) is 0 Å². The topological polar surface area (TPSA) is 34.9 Å². The quantitative estimate of drug-likeness (QED) is 0.690. The Morgan fingerprint density at radius 3 is 2.71 bits per heavy atom. The first-order valence-electron chi connectivity index (χ1n) is 5.27. The fraction of sp³-hybridized carbons (Fsp3) is 0.636. The van der Waals surface area contributed by atoms with Gasteiger partial charge in [0, 0.05) is 5.69 Å². The Morgan fingerprint density at radius 1 is 1.57 bits per heavy atom. The molecule has 1 heterocycles. The lowest BCUT2D eigenvalue weighted by Gasteiger charge is -2.28. The van der Waals surface area contributed by atoms with Gasteiger partial charge in [0.05, 0.1) is 6.04 Å². The lowest BCUT2D eigenvalue weighted by Crippen LogP contribution is -2.20. The highest BCUT2D eigenvalue weighted by atomic mass is 16.1. The molecule has 0 atom stereocenters. The lowest BCUT2D eigenvalue weighted by molar-refractivity contribution is 0.111. The van der Waals surface area contributed by atoms with Crippen molar-refractivity contribution in [1.82, 2.24) is 9.78 Å². The zero-order valence-corrected chi connectivity index (χ0v) is 8.73. The van der Waals surface area contributed by atoms with Crippen LogP contribution in [0.5, 0.6) is 0 Å². The van der Waals surface area contributed by atoms with Crippen LogP contribution in [0.25, 0.3) is 0 Å². The molecule has 0 spiro atoms. The molecule has 3 nitrogen and oxygen atoms in total. The maximum atomic E-state index is 10.6. The van der Waals surface area contributed by atoms with Crippen molar-refractivity contribution < 1.29 is 4.79 Å². The monoisotopic (exact) mass is 192 g/mol. The van der Waals surface area contributed by atoms with E-state index in [1.807, 2.05) is 6.07 Å². The number of aldehydes is 1. The van der Waals surface area contributed by atoms with E-state index in [0.29, 0.717) is 17.7 Å². The predicted octanol–water partition coefficient (Wildman–Crippen LogP) is 2.54. The van der Waals surface area contributed by atoms with E-state index in [9.17, 15) is 4.79 Å². The normalized spacial score (nSPS) is 17.1. The molecule has 1 aliphatic carbocycles. The van der Waals surface area contributed by atoms with Crippen LogP contribution in [0.2, 0.25) is 0 Å². The summed E-state index contributed by atoms with van der Waals surface area (Å²) < 4.78 is 2.05. The summed E-state index contributed by atoms with van der Waals surface area (Å²) in [6, 6.07) is 2.46. The molecule has 1 aliphatic rings. The molecule has 0 aliphatic heterocycles. The van der Waals surface area contributed by atoms with Crippen LogP contribution < -0.4 is 0 Å². The van der Waals surface area contributed by atoms with Crippen LogP contribution in [0.15, 0.2) is 6.07 Å². The maximum absolute atomic E-state index is 10.6. The molecule has 0 radical (unpaired) electrons. The molecule has 0 bridgehead atoms. The highest BCUT2D eigenvalue weighted by Gasteiger charge is 2.24. The second-order valence-corrected chi connectivity index (χ2v) is 4.30. The van der Waals surface area contributed by atoms with Crippen molar-refractivity contribution in [1.29, 1.82) is 0 Å². The van der Waals surface area contributed by atoms with Crippen molar-refractivity contribution in [2.45, 2.75) is 45.1 Å². The van der Waals surface area contributed by atoms with Crippen LogP contribution in [0.1, 0.15) is 61.3 Å². The van der Waals surface area contributed by atoms with E-state index >= 15 is 0 Å². The summed E-state index contributed by atoms with van der Waals surface area (Å²) in [7, 11) is 0. The Bertz CT molecular complexity index is 337. The fourth-order valence-corrected chi connectivity index (χ4v) is 1.84. The average Bonchev–Trinajstić information content (AvgIpc) is 2.45. The second kappa shape index (κ2) is 3.56. The minimum Gasteiger partial charge on any atom is -0.296 e. The standard InChI is InChI=1S/C11H16N2O/c1-8(2)11-6-9(7-14)12-13(11)10-4-3-5-10/h6-8,10H,3-5H2,1-2H3. The van der Waals surface area contributed by atoms with E-state index in [-0.39, 0.29) is 0 Å². The number of nitrogens with zero attached hydrogens (tertiary/aromatic N) is 2. The molecule has 3 heteroatoms. The predicted molar refractivity (Wildman–Crippen MR) is 54.6 cm³/mol. The third-order valence-corrected chi connectivity index (χ3v) is 2.92. The van der Waals surface area contributed by atoms with E-state index in [1.165, 1.54) is 25.0 Å². The first-order chi connectivity index (χ1) is 6.72. The van der Waals surface area contributed by atoms with Gasteiger partial charge in [0.15, 0.2) is 6.29 Å². The van der Waals surface area contributed by atoms with Gasteiger partial charge in [0.1, 0.15) is 5.69 Å². The summed E-state index contributed by atoms with van der Waals surface area (Å²) in [5.41, 5.74) is 1.76. The highest BCUT2D eigenvalue weighted by Crippen LogP contribution is 2.33. The number of hydrogen-bond donors (Lipinski definition) is 0. The van der Waals surface area contributed by atoms with E-state index in [4.69, 9.17) is 0 Å². The molecule has 2 rings (SSSR count). The number of aromatic nitrogens is 2. The Kier molecular flexibility index (Phi) is 2.40. The Hall–Kier alpha value is -1.12. The minimum absolute atomic E-state index is 0.441. The Balaban J connectivity index is 2.34. The molecule has 1 aromatic rings. The molecule has 1 saturated carbocycles. The zero-order chi connectivity index (χ0) is 10.1. The van der Waals surface area contributed by atoms with E-state index < -0.39 is 0 Å². The molecular weight excluding hydrogens is 176 g/mol. The first kappa shape index (κ1) is 9.44. The Labute approximate surface area is 84.1 Å². The van der Waals surface area contributed by atoms with Gasteiger partial charge in [-0.2, -0.15) is 5.10 Å². The van der Waals surface area contributed by atoms with Gasteiger partial charge in [-0.3, -0.25) is 9.48 Å². The molecule has 0 unspecified atom stereocenters. The molecule has 1 aromatic heterocycles. The zero-order valence-electron chi connectivity index (χ0n) is 8.73. The average molecular weight is 192 g/mol. The minimum atomic E-state index is 0.441. The van der Waals surface area contributed by atoms with Gasteiger partial charge >= 0.3 is 0 Å². The van der Waals surface area contributed by atoms with Gasteiger partial charge in [-0.15, -0.1) is 0 Å². The summed E-state index contributed by atoms with van der Waals surface area (Å²) in [5.74, 6) is 0.441. The van der Waals surface area contributed by atoms with Crippen LogP contribution in [0.4, 0.5) is 0 Å². The molecule has 14 heavy (non-hydrogen) atoms. The van der Waals surface area contributed by atoms with Crippen LogP contribution in [0, 0.1) is 0 Å². The number of rotatable bonds is 3. The molecule has 0 N–H and O–H groups in total. The van der Waals surface area contributed by atoms with Gasteiger partial charge < -0.3 is 0 Å².